The minimum atomic E-state index is -0.0230. The number of para-hydroxylation sites is 1. The zero-order valence-corrected chi connectivity index (χ0v) is 20.7. The highest BCUT2D eigenvalue weighted by Gasteiger charge is 2.23. The summed E-state index contributed by atoms with van der Waals surface area (Å²) in [6.45, 7) is 9.48. The number of aromatic nitrogens is 2. The Morgan fingerprint density at radius 1 is 1.12 bits per heavy atom. The highest BCUT2D eigenvalue weighted by atomic mass is 32.2. The van der Waals surface area contributed by atoms with Crippen LogP contribution in [0.3, 0.4) is 0 Å². The smallest absolute Gasteiger partial charge is 0.238 e. The standard InChI is InChI=1S/C25H31N5O3S/c1-4-33-19-8-9-20-21(14-19)27-25(26-20)34-16-23(32)30-12-10-29(11-13-30)15-22(31)28-24-17(2)6-5-7-18(24)3/h5-9,14H,4,10-13,15-16H2,1-3H3,(H,26,27)(H,28,31). The van der Waals surface area contributed by atoms with Crippen LogP contribution in [0.5, 0.6) is 5.75 Å². The number of amides is 2. The van der Waals surface area contributed by atoms with Gasteiger partial charge < -0.3 is 19.9 Å². The molecule has 0 atom stereocenters. The van der Waals surface area contributed by atoms with Crippen molar-refractivity contribution in [1.29, 1.82) is 0 Å². The molecule has 2 aromatic carbocycles. The number of imidazole rings is 1. The Hall–Kier alpha value is -3.04. The summed E-state index contributed by atoms with van der Waals surface area (Å²) < 4.78 is 5.53. The monoisotopic (exact) mass is 481 g/mol. The molecule has 180 valence electrons. The molecule has 1 aliphatic heterocycles. The number of piperazine rings is 1. The molecular formula is C25H31N5O3S. The summed E-state index contributed by atoms with van der Waals surface area (Å²) in [7, 11) is 0. The number of carbonyl (C=O) groups excluding carboxylic acids is 2. The molecule has 2 heterocycles. The summed E-state index contributed by atoms with van der Waals surface area (Å²) >= 11 is 1.41. The van der Waals surface area contributed by atoms with Gasteiger partial charge in [0.05, 0.1) is 29.9 Å². The van der Waals surface area contributed by atoms with E-state index in [2.05, 4.69) is 20.2 Å². The van der Waals surface area contributed by atoms with Crippen LogP contribution in [-0.2, 0) is 9.59 Å². The molecule has 0 unspecified atom stereocenters. The summed E-state index contributed by atoms with van der Waals surface area (Å²) in [4.78, 5) is 37.0. The number of fused-ring (bicyclic) bond motifs is 1. The summed E-state index contributed by atoms with van der Waals surface area (Å²) in [5, 5.41) is 3.76. The van der Waals surface area contributed by atoms with Gasteiger partial charge in [0.15, 0.2) is 5.16 Å². The molecule has 2 N–H and O–H groups in total. The van der Waals surface area contributed by atoms with Gasteiger partial charge in [0, 0.05) is 37.9 Å². The Labute approximate surface area is 204 Å². The number of aryl methyl sites for hydroxylation is 2. The number of ether oxygens (including phenoxy) is 1. The van der Waals surface area contributed by atoms with Gasteiger partial charge in [0.2, 0.25) is 11.8 Å². The maximum Gasteiger partial charge on any atom is 0.238 e. The Balaban J connectivity index is 1.23. The third-order valence-corrected chi connectivity index (χ3v) is 6.77. The van der Waals surface area contributed by atoms with Crippen LogP contribution in [0.1, 0.15) is 18.1 Å². The molecule has 0 bridgehead atoms. The van der Waals surface area contributed by atoms with Crippen molar-refractivity contribution in [3.63, 3.8) is 0 Å². The van der Waals surface area contributed by atoms with Crippen molar-refractivity contribution in [1.82, 2.24) is 19.8 Å². The summed E-state index contributed by atoms with van der Waals surface area (Å²) in [6, 6.07) is 11.7. The third kappa shape index (κ3) is 5.90. The van der Waals surface area contributed by atoms with Gasteiger partial charge in [-0.15, -0.1) is 0 Å². The number of carbonyl (C=O) groups is 2. The fourth-order valence-corrected chi connectivity index (χ4v) is 4.85. The lowest BCUT2D eigenvalue weighted by atomic mass is 10.1. The first kappa shape index (κ1) is 24.1. The molecule has 1 saturated heterocycles. The van der Waals surface area contributed by atoms with E-state index in [9.17, 15) is 9.59 Å². The molecule has 9 heteroatoms. The van der Waals surface area contributed by atoms with Gasteiger partial charge in [-0.2, -0.15) is 0 Å². The van der Waals surface area contributed by atoms with Gasteiger partial charge in [0.25, 0.3) is 0 Å². The van der Waals surface area contributed by atoms with Crippen molar-refractivity contribution in [2.75, 3.05) is 50.4 Å². The van der Waals surface area contributed by atoms with E-state index in [-0.39, 0.29) is 11.8 Å². The Bertz CT molecular complexity index is 1150. The average Bonchev–Trinajstić information content (AvgIpc) is 3.23. The summed E-state index contributed by atoms with van der Waals surface area (Å²) in [5.74, 6) is 1.18. The van der Waals surface area contributed by atoms with E-state index in [4.69, 9.17) is 4.74 Å². The summed E-state index contributed by atoms with van der Waals surface area (Å²) in [6.07, 6.45) is 0. The van der Waals surface area contributed by atoms with Crippen LogP contribution in [0.2, 0.25) is 0 Å². The molecule has 1 aromatic heterocycles. The van der Waals surface area contributed by atoms with E-state index in [0.717, 1.165) is 38.8 Å². The average molecular weight is 482 g/mol. The van der Waals surface area contributed by atoms with E-state index in [1.807, 2.05) is 62.1 Å². The molecule has 1 aliphatic rings. The molecule has 8 nitrogen and oxygen atoms in total. The van der Waals surface area contributed by atoms with E-state index < -0.39 is 0 Å². The number of H-pyrrole nitrogens is 1. The van der Waals surface area contributed by atoms with Crippen LogP contribution in [-0.4, -0.2) is 76.7 Å². The maximum absolute atomic E-state index is 12.7. The first-order valence-electron chi connectivity index (χ1n) is 11.5. The van der Waals surface area contributed by atoms with Crippen LogP contribution in [0, 0.1) is 13.8 Å². The molecule has 4 rings (SSSR count). The van der Waals surface area contributed by atoms with E-state index in [1.54, 1.807) is 0 Å². The number of benzene rings is 2. The lowest BCUT2D eigenvalue weighted by Crippen LogP contribution is -2.50. The minimum absolute atomic E-state index is 0.0230. The van der Waals surface area contributed by atoms with Gasteiger partial charge in [0.1, 0.15) is 5.75 Å². The van der Waals surface area contributed by atoms with Crippen LogP contribution >= 0.6 is 11.8 Å². The number of thioether (sulfide) groups is 1. The highest BCUT2D eigenvalue weighted by Crippen LogP contribution is 2.24. The van der Waals surface area contributed by atoms with Crippen molar-refractivity contribution in [2.45, 2.75) is 25.9 Å². The number of hydrogen-bond acceptors (Lipinski definition) is 6. The molecule has 34 heavy (non-hydrogen) atoms. The van der Waals surface area contributed by atoms with Gasteiger partial charge in [-0.05, 0) is 44.0 Å². The zero-order valence-electron chi connectivity index (χ0n) is 19.9. The number of rotatable bonds is 8. The number of nitrogens with zero attached hydrogens (tertiary/aromatic N) is 3. The minimum Gasteiger partial charge on any atom is -0.494 e. The van der Waals surface area contributed by atoms with Crippen molar-refractivity contribution >= 4 is 40.3 Å². The van der Waals surface area contributed by atoms with Crippen molar-refractivity contribution in [3.8, 4) is 5.75 Å². The number of aromatic amines is 1. The number of nitrogens with one attached hydrogen (secondary N) is 2. The Morgan fingerprint density at radius 2 is 1.85 bits per heavy atom. The zero-order chi connectivity index (χ0) is 24.1. The van der Waals surface area contributed by atoms with Crippen LogP contribution in [0.15, 0.2) is 41.6 Å². The lowest BCUT2D eigenvalue weighted by Gasteiger charge is -2.34. The second-order valence-corrected chi connectivity index (χ2v) is 9.38. The fraction of sp³-hybridized carbons (Fsp3) is 0.400. The van der Waals surface area contributed by atoms with Crippen LogP contribution in [0.25, 0.3) is 11.0 Å². The molecule has 3 aromatic rings. The normalized spacial score (nSPS) is 14.4. The third-order valence-electron chi connectivity index (χ3n) is 5.91. The van der Waals surface area contributed by atoms with Gasteiger partial charge >= 0.3 is 0 Å². The topological polar surface area (TPSA) is 90.6 Å². The maximum atomic E-state index is 12.7. The van der Waals surface area contributed by atoms with Crippen LogP contribution in [0.4, 0.5) is 5.69 Å². The van der Waals surface area contributed by atoms with E-state index >= 15 is 0 Å². The van der Waals surface area contributed by atoms with Gasteiger partial charge in [-0.3, -0.25) is 14.5 Å². The van der Waals surface area contributed by atoms with E-state index in [1.165, 1.54) is 11.8 Å². The molecular weight excluding hydrogens is 450 g/mol. The second-order valence-electron chi connectivity index (χ2n) is 8.41. The SMILES string of the molecule is CCOc1ccc2nc(SCC(=O)N3CCN(CC(=O)Nc4c(C)cccc4C)CC3)[nH]c2c1. The van der Waals surface area contributed by atoms with Crippen molar-refractivity contribution < 1.29 is 14.3 Å². The fourth-order valence-electron chi connectivity index (χ4n) is 4.06. The molecule has 2 amide bonds. The second kappa shape index (κ2) is 10.9. The number of anilines is 1. The Kier molecular flexibility index (Phi) is 7.74. The van der Waals surface area contributed by atoms with Gasteiger partial charge in [-0.1, -0.05) is 30.0 Å². The number of hydrogen-bond donors (Lipinski definition) is 2. The van der Waals surface area contributed by atoms with Crippen molar-refractivity contribution in [3.05, 3.63) is 47.5 Å². The molecule has 0 aliphatic carbocycles. The lowest BCUT2D eigenvalue weighted by molar-refractivity contribution is -0.130. The predicted molar refractivity (Wildman–Crippen MR) is 136 cm³/mol. The molecule has 0 saturated carbocycles. The highest BCUT2D eigenvalue weighted by molar-refractivity contribution is 7.99. The summed E-state index contributed by atoms with van der Waals surface area (Å²) in [5.41, 5.74) is 4.75. The molecule has 1 fully saturated rings. The quantitative estimate of drug-likeness (QED) is 0.479. The molecule has 0 spiro atoms. The van der Waals surface area contributed by atoms with Crippen molar-refractivity contribution in [2.24, 2.45) is 0 Å². The first-order chi connectivity index (χ1) is 16.4. The molecule has 0 radical (unpaired) electrons. The van der Waals surface area contributed by atoms with E-state index in [0.29, 0.717) is 45.1 Å². The largest absolute Gasteiger partial charge is 0.494 e. The predicted octanol–water partition coefficient (Wildman–Crippen LogP) is 3.45. The van der Waals surface area contributed by atoms with Crippen LogP contribution < -0.4 is 10.1 Å². The first-order valence-corrected chi connectivity index (χ1v) is 12.5. The van der Waals surface area contributed by atoms with Gasteiger partial charge in [-0.25, -0.2) is 4.98 Å². The Morgan fingerprint density at radius 3 is 2.56 bits per heavy atom.